The van der Waals surface area contributed by atoms with Crippen LogP contribution in [0.4, 0.5) is 4.39 Å². The van der Waals surface area contributed by atoms with E-state index in [4.69, 9.17) is 23.2 Å². The average Bonchev–Trinajstić information content (AvgIpc) is 2.56. The van der Waals surface area contributed by atoms with Crippen molar-refractivity contribution in [1.82, 2.24) is 10.6 Å². The van der Waals surface area contributed by atoms with E-state index >= 15 is 0 Å². The molecule has 0 aromatic heterocycles. The van der Waals surface area contributed by atoms with Crippen LogP contribution < -0.4 is 10.6 Å². The number of nitrogens with one attached hydrogen (secondary N) is 2. The molecule has 24 heavy (non-hydrogen) atoms. The van der Waals surface area contributed by atoms with Gasteiger partial charge in [-0.2, -0.15) is 0 Å². The molecular weight excluding hydrogens is 354 g/mol. The van der Waals surface area contributed by atoms with Crippen molar-refractivity contribution in [2.24, 2.45) is 0 Å². The quantitative estimate of drug-likeness (QED) is 0.769. The topological polar surface area (TPSA) is 58.2 Å². The Balaban J connectivity index is 1.74. The van der Waals surface area contributed by atoms with Crippen molar-refractivity contribution in [3.8, 4) is 0 Å². The highest BCUT2D eigenvalue weighted by Crippen LogP contribution is 2.20. The number of amides is 2. The molecule has 0 heterocycles. The molecule has 2 N–H and O–H groups in total. The summed E-state index contributed by atoms with van der Waals surface area (Å²) in [4.78, 5) is 23.7. The Kier molecular flexibility index (Phi) is 6.58. The molecule has 0 spiro atoms. The number of rotatable bonds is 6. The molecule has 126 valence electrons. The van der Waals surface area contributed by atoms with E-state index in [0.717, 1.165) is 0 Å². The van der Waals surface area contributed by atoms with Crippen molar-refractivity contribution < 1.29 is 14.0 Å². The number of benzene rings is 2. The molecule has 0 unspecified atom stereocenters. The van der Waals surface area contributed by atoms with Crippen LogP contribution in [0.5, 0.6) is 0 Å². The highest BCUT2D eigenvalue weighted by atomic mass is 35.5. The normalized spacial score (nSPS) is 10.3. The number of carbonyl (C=O) groups is 2. The minimum atomic E-state index is -0.365. The van der Waals surface area contributed by atoms with Gasteiger partial charge in [0.25, 0.3) is 5.91 Å². The summed E-state index contributed by atoms with van der Waals surface area (Å²) in [5.74, 6) is -0.923. The Morgan fingerprint density at radius 2 is 1.62 bits per heavy atom. The van der Waals surface area contributed by atoms with Gasteiger partial charge in [0.05, 0.1) is 17.0 Å². The highest BCUT2D eigenvalue weighted by molar-refractivity contribution is 6.35. The van der Waals surface area contributed by atoms with Crippen LogP contribution >= 0.6 is 23.2 Å². The van der Waals surface area contributed by atoms with Crippen LogP contribution in [0.1, 0.15) is 15.9 Å². The van der Waals surface area contributed by atoms with E-state index in [2.05, 4.69) is 10.6 Å². The summed E-state index contributed by atoms with van der Waals surface area (Å²) < 4.78 is 12.8. The van der Waals surface area contributed by atoms with E-state index in [-0.39, 0.29) is 42.7 Å². The first-order chi connectivity index (χ1) is 11.5. The molecule has 2 amide bonds. The molecule has 2 aromatic rings. The Morgan fingerprint density at radius 3 is 2.33 bits per heavy atom. The van der Waals surface area contributed by atoms with Crippen molar-refractivity contribution in [2.45, 2.75) is 6.42 Å². The van der Waals surface area contributed by atoms with Crippen LogP contribution in [-0.4, -0.2) is 24.9 Å². The maximum atomic E-state index is 12.8. The smallest absolute Gasteiger partial charge is 0.252 e. The summed E-state index contributed by atoms with van der Waals surface area (Å²) in [6.07, 6.45) is 0.147. The summed E-state index contributed by atoms with van der Waals surface area (Å²) >= 11 is 11.8. The predicted octanol–water partition coefficient (Wildman–Crippen LogP) is 3.22. The van der Waals surface area contributed by atoms with E-state index < -0.39 is 0 Å². The molecule has 0 aliphatic carbocycles. The van der Waals surface area contributed by atoms with Crippen molar-refractivity contribution in [3.05, 3.63) is 69.5 Å². The van der Waals surface area contributed by atoms with E-state index in [1.807, 2.05) is 0 Å². The van der Waals surface area contributed by atoms with Crippen molar-refractivity contribution >= 4 is 35.0 Å². The molecule has 0 fully saturated rings. The van der Waals surface area contributed by atoms with Gasteiger partial charge in [0.2, 0.25) is 5.91 Å². The van der Waals surface area contributed by atoms with Gasteiger partial charge in [-0.1, -0.05) is 35.3 Å². The monoisotopic (exact) mass is 368 g/mol. The Hall–Kier alpha value is -2.11. The fraction of sp³-hybridized carbons (Fsp3) is 0.176. The van der Waals surface area contributed by atoms with Crippen LogP contribution in [-0.2, 0) is 11.2 Å². The Labute approximate surface area is 149 Å². The minimum absolute atomic E-state index is 0.147. The summed E-state index contributed by atoms with van der Waals surface area (Å²) in [7, 11) is 0. The van der Waals surface area contributed by atoms with Gasteiger partial charge in [-0.3, -0.25) is 9.59 Å². The van der Waals surface area contributed by atoms with Gasteiger partial charge >= 0.3 is 0 Å². The van der Waals surface area contributed by atoms with Crippen LogP contribution in [0.25, 0.3) is 0 Å². The van der Waals surface area contributed by atoms with Crippen LogP contribution in [0.15, 0.2) is 42.5 Å². The zero-order valence-corrected chi connectivity index (χ0v) is 14.1. The molecule has 0 aliphatic heterocycles. The largest absolute Gasteiger partial charge is 0.354 e. The fourth-order valence-electron chi connectivity index (χ4n) is 1.99. The molecule has 0 aliphatic rings. The molecule has 0 radical (unpaired) electrons. The summed E-state index contributed by atoms with van der Waals surface area (Å²) in [6, 6.07) is 10.3. The number of halogens is 3. The maximum Gasteiger partial charge on any atom is 0.252 e. The van der Waals surface area contributed by atoms with Crippen molar-refractivity contribution in [1.29, 1.82) is 0 Å². The highest BCUT2D eigenvalue weighted by Gasteiger charge is 2.10. The van der Waals surface area contributed by atoms with Crippen LogP contribution in [0.3, 0.4) is 0 Å². The van der Waals surface area contributed by atoms with Crippen molar-refractivity contribution in [3.63, 3.8) is 0 Å². The first-order valence-electron chi connectivity index (χ1n) is 7.20. The SMILES string of the molecule is O=C(Cc1ccc(F)cc1)NCCNC(=O)c1cc(Cl)ccc1Cl. The molecule has 0 saturated heterocycles. The van der Waals surface area contributed by atoms with Gasteiger partial charge in [0.15, 0.2) is 0 Å². The second-order valence-electron chi connectivity index (χ2n) is 5.03. The number of carbonyl (C=O) groups excluding carboxylic acids is 2. The molecule has 0 saturated carbocycles. The molecule has 2 rings (SSSR count). The molecule has 7 heteroatoms. The summed E-state index contributed by atoms with van der Waals surface area (Å²) in [5, 5.41) is 6.04. The lowest BCUT2D eigenvalue weighted by molar-refractivity contribution is -0.120. The first kappa shape index (κ1) is 18.2. The van der Waals surface area contributed by atoms with Gasteiger partial charge < -0.3 is 10.6 Å². The first-order valence-corrected chi connectivity index (χ1v) is 7.95. The van der Waals surface area contributed by atoms with E-state index in [9.17, 15) is 14.0 Å². The third kappa shape index (κ3) is 5.51. The average molecular weight is 369 g/mol. The van der Waals surface area contributed by atoms with E-state index in [1.54, 1.807) is 24.3 Å². The molecule has 2 aromatic carbocycles. The maximum absolute atomic E-state index is 12.8. The van der Waals surface area contributed by atoms with Crippen LogP contribution in [0.2, 0.25) is 10.0 Å². The lowest BCUT2D eigenvalue weighted by atomic mass is 10.1. The van der Waals surface area contributed by atoms with Crippen molar-refractivity contribution in [2.75, 3.05) is 13.1 Å². The Bertz CT molecular complexity index is 736. The minimum Gasteiger partial charge on any atom is -0.354 e. The zero-order chi connectivity index (χ0) is 17.5. The number of hydrogen-bond acceptors (Lipinski definition) is 2. The van der Waals surface area contributed by atoms with Crippen LogP contribution in [0, 0.1) is 5.82 Å². The lowest BCUT2D eigenvalue weighted by Crippen LogP contribution is -2.35. The lowest BCUT2D eigenvalue weighted by Gasteiger charge is -2.08. The van der Waals surface area contributed by atoms with Gasteiger partial charge in [0, 0.05) is 18.1 Å². The summed E-state index contributed by atoms with van der Waals surface area (Å²) in [5.41, 5.74) is 0.991. The Morgan fingerprint density at radius 1 is 0.958 bits per heavy atom. The number of hydrogen-bond donors (Lipinski definition) is 2. The molecule has 0 atom stereocenters. The predicted molar refractivity (Wildman–Crippen MR) is 91.9 cm³/mol. The van der Waals surface area contributed by atoms with Gasteiger partial charge in [-0.05, 0) is 35.9 Å². The van der Waals surface area contributed by atoms with Gasteiger partial charge in [0.1, 0.15) is 5.82 Å². The van der Waals surface area contributed by atoms with Gasteiger partial charge in [-0.15, -0.1) is 0 Å². The second-order valence-corrected chi connectivity index (χ2v) is 5.88. The summed E-state index contributed by atoms with van der Waals surface area (Å²) in [6.45, 7) is 0.515. The van der Waals surface area contributed by atoms with Gasteiger partial charge in [-0.25, -0.2) is 4.39 Å². The standard InChI is InChI=1S/C17H15Cl2FN2O2/c18-12-3-6-15(19)14(10-12)17(24)22-8-7-21-16(23)9-11-1-4-13(20)5-2-11/h1-6,10H,7-9H2,(H,21,23)(H,22,24). The molecular formula is C17H15Cl2FN2O2. The third-order valence-electron chi connectivity index (χ3n) is 3.18. The third-order valence-corrected chi connectivity index (χ3v) is 3.75. The van der Waals surface area contributed by atoms with E-state index in [1.165, 1.54) is 18.2 Å². The molecule has 0 bridgehead atoms. The molecule has 4 nitrogen and oxygen atoms in total. The fourth-order valence-corrected chi connectivity index (χ4v) is 2.37. The second kappa shape index (κ2) is 8.66. The zero-order valence-electron chi connectivity index (χ0n) is 12.6. The van der Waals surface area contributed by atoms with E-state index in [0.29, 0.717) is 15.6 Å².